The lowest BCUT2D eigenvalue weighted by Crippen LogP contribution is -2.25. The van der Waals surface area contributed by atoms with Crippen LogP contribution in [0.3, 0.4) is 0 Å². The van der Waals surface area contributed by atoms with Crippen LogP contribution in [0.1, 0.15) is 39.5 Å². The van der Waals surface area contributed by atoms with Gasteiger partial charge >= 0.3 is 0 Å². The normalized spacial score (nSPS) is 12.8. The van der Waals surface area contributed by atoms with E-state index in [1.54, 1.807) is 0 Å². The van der Waals surface area contributed by atoms with Crippen LogP contribution in [0.5, 0.6) is 0 Å². The second-order valence-corrected chi connectivity index (χ2v) is 3.77. The maximum atomic E-state index is 8.51. The van der Waals surface area contributed by atoms with Crippen LogP contribution in [0.25, 0.3) is 0 Å². The van der Waals surface area contributed by atoms with Crippen molar-refractivity contribution < 1.29 is 0 Å². The minimum Gasteiger partial charge on any atom is -0.293 e. The van der Waals surface area contributed by atoms with Crippen LogP contribution >= 0.6 is 0 Å². The van der Waals surface area contributed by atoms with Crippen molar-refractivity contribution in [2.45, 2.75) is 39.5 Å². The number of nitrogens with zero attached hydrogens (tertiary/aromatic N) is 2. The Morgan fingerprint density at radius 3 is 2.54 bits per heavy atom. The average molecular weight is 182 g/mol. The van der Waals surface area contributed by atoms with Gasteiger partial charge in [0.1, 0.15) is 0 Å². The smallest absolute Gasteiger partial charge is 0.0863 e. The molecule has 0 spiro atoms. The zero-order valence-electron chi connectivity index (χ0n) is 9.21. The molecule has 0 radical (unpaired) electrons. The van der Waals surface area contributed by atoms with E-state index in [0.29, 0.717) is 6.54 Å². The van der Waals surface area contributed by atoms with Gasteiger partial charge in [-0.05, 0) is 19.4 Å². The Balaban J connectivity index is 3.63. The summed E-state index contributed by atoms with van der Waals surface area (Å²) in [5.74, 6) is 0.776. The van der Waals surface area contributed by atoms with E-state index in [9.17, 15) is 0 Å². The van der Waals surface area contributed by atoms with E-state index in [2.05, 4.69) is 24.8 Å². The third kappa shape index (κ3) is 6.60. The fourth-order valence-corrected chi connectivity index (χ4v) is 1.54. The molecule has 0 aliphatic rings. The second-order valence-electron chi connectivity index (χ2n) is 3.77. The monoisotopic (exact) mass is 182 g/mol. The summed E-state index contributed by atoms with van der Waals surface area (Å²) >= 11 is 0. The average Bonchev–Trinajstić information content (AvgIpc) is 2.12. The summed E-state index contributed by atoms with van der Waals surface area (Å²) in [7, 11) is 2.03. The standard InChI is InChI=1S/C11H22N2/c1-4-6-7-11(5-2)10-13(3)9-8-12/h11H,4-7,9-10H2,1-3H3. The predicted octanol–water partition coefficient (Wildman–Crippen LogP) is 2.66. The molecule has 0 saturated heterocycles. The van der Waals surface area contributed by atoms with Crippen molar-refractivity contribution in [3.63, 3.8) is 0 Å². The molecule has 0 aliphatic heterocycles. The Morgan fingerprint density at radius 2 is 2.08 bits per heavy atom. The van der Waals surface area contributed by atoms with Crippen LogP contribution in [-0.4, -0.2) is 25.0 Å². The predicted molar refractivity (Wildman–Crippen MR) is 56.4 cm³/mol. The number of hydrogen-bond acceptors (Lipinski definition) is 2. The zero-order valence-corrected chi connectivity index (χ0v) is 9.21. The molecule has 76 valence electrons. The van der Waals surface area contributed by atoms with Crippen molar-refractivity contribution in [1.29, 1.82) is 5.26 Å². The van der Waals surface area contributed by atoms with Gasteiger partial charge in [0.25, 0.3) is 0 Å². The molecule has 1 atom stereocenters. The van der Waals surface area contributed by atoms with E-state index >= 15 is 0 Å². The fourth-order valence-electron chi connectivity index (χ4n) is 1.54. The van der Waals surface area contributed by atoms with Crippen molar-refractivity contribution >= 4 is 0 Å². The van der Waals surface area contributed by atoms with Gasteiger partial charge in [0.15, 0.2) is 0 Å². The molecule has 0 amide bonds. The molecule has 13 heavy (non-hydrogen) atoms. The summed E-state index contributed by atoms with van der Waals surface area (Å²) in [5.41, 5.74) is 0. The summed E-state index contributed by atoms with van der Waals surface area (Å²) in [6, 6.07) is 2.18. The van der Waals surface area contributed by atoms with Crippen molar-refractivity contribution in [1.82, 2.24) is 4.90 Å². The molecule has 0 saturated carbocycles. The Labute approximate surface area is 82.5 Å². The Hall–Kier alpha value is -0.550. The van der Waals surface area contributed by atoms with Gasteiger partial charge in [-0.1, -0.05) is 33.1 Å². The molecular weight excluding hydrogens is 160 g/mol. The number of hydrogen-bond donors (Lipinski definition) is 0. The maximum absolute atomic E-state index is 8.51. The van der Waals surface area contributed by atoms with E-state index in [-0.39, 0.29) is 0 Å². The van der Waals surface area contributed by atoms with Crippen LogP contribution in [0.15, 0.2) is 0 Å². The van der Waals surface area contributed by atoms with E-state index in [4.69, 9.17) is 5.26 Å². The quantitative estimate of drug-likeness (QED) is 0.566. The lowest BCUT2D eigenvalue weighted by atomic mass is 9.99. The SMILES string of the molecule is CCCCC(CC)CN(C)CC#N. The summed E-state index contributed by atoms with van der Waals surface area (Å²) in [6.07, 6.45) is 5.13. The van der Waals surface area contributed by atoms with Crippen LogP contribution in [0.4, 0.5) is 0 Å². The number of unbranched alkanes of at least 4 members (excludes halogenated alkanes) is 1. The number of nitriles is 1. The maximum Gasteiger partial charge on any atom is 0.0863 e. The van der Waals surface area contributed by atoms with Crippen molar-refractivity contribution in [2.75, 3.05) is 20.1 Å². The van der Waals surface area contributed by atoms with Crippen LogP contribution < -0.4 is 0 Å². The molecule has 2 heteroatoms. The molecule has 1 unspecified atom stereocenters. The van der Waals surface area contributed by atoms with Crippen LogP contribution in [0, 0.1) is 17.2 Å². The molecule has 0 N–H and O–H groups in total. The molecule has 0 aliphatic carbocycles. The molecule has 0 fully saturated rings. The first-order valence-electron chi connectivity index (χ1n) is 5.30. The Morgan fingerprint density at radius 1 is 1.38 bits per heavy atom. The highest BCUT2D eigenvalue weighted by atomic mass is 15.1. The first kappa shape index (κ1) is 12.4. The highest BCUT2D eigenvalue weighted by Crippen LogP contribution is 2.13. The third-order valence-electron chi connectivity index (χ3n) is 2.45. The highest BCUT2D eigenvalue weighted by Gasteiger charge is 2.08. The van der Waals surface area contributed by atoms with Gasteiger partial charge < -0.3 is 0 Å². The van der Waals surface area contributed by atoms with E-state index < -0.39 is 0 Å². The first-order chi connectivity index (χ1) is 6.24. The van der Waals surface area contributed by atoms with Gasteiger partial charge in [0, 0.05) is 6.54 Å². The molecular formula is C11H22N2. The lowest BCUT2D eigenvalue weighted by Gasteiger charge is -2.20. The van der Waals surface area contributed by atoms with Crippen LogP contribution in [-0.2, 0) is 0 Å². The van der Waals surface area contributed by atoms with Crippen molar-refractivity contribution in [3.05, 3.63) is 0 Å². The van der Waals surface area contributed by atoms with Gasteiger partial charge in [-0.25, -0.2) is 0 Å². The highest BCUT2D eigenvalue weighted by molar-refractivity contribution is 4.75. The minimum atomic E-state index is 0.558. The summed E-state index contributed by atoms with van der Waals surface area (Å²) in [4.78, 5) is 2.11. The van der Waals surface area contributed by atoms with Gasteiger partial charge in [0.05, 0.1) is 12.6 Å². The molecule has 0 heterocycles. The molecule has 0 aromatic heterocycles. The molecule has 0 rings (SSSR count). The minimum absolute atomic E-state index is 0.558. The third-order valence-corrected chi connectivity index (χ3v) is 2.45. The van der Waals surface area contributed by atoms with Gasteiger partial charge in [-0.2, -0.15) is 5.26 Å². The van der Waals surface area contributed by atoms with E-state index in [0.717, 1.165) is 12.5 Å². The van der Waals surface area contributed by atoms with Crippen molar-refractivity contribution in [3.8, 4) is 6.07 Å². The molecule has 0 bridgehead atoms. The summed E-state index contributed by atoms with van der Waals surface area (Å²) < 4.78 is 0. The van der Waals surface area contributed by atoms with Gasteiger partial charge in [0.2, 0.25) is 0 Å². The molecule has 0 aromatic carbocycles. The summed E-state index contributed by atoms with van der Waals surface area (Å²) in [6.45, 7) is 6.10. The Bertz CT molecular complexity index is 149. The lowest BCUT2D eigenvalue weighted by molar-refractivity contribution is 0.282. The van der Waals surface area contributed by atoms with Gasteiger partial charge in [-0.3, -0.25) is 4.90 Å². The Kier molecular flexibility index (Phi) is 7.73. The molecule has 0 aromatic rings. The summed E-state index contributed by atoms with van der Waals surface area (Å²) in [5, 5.41) is 8.51. The van der Waals surface area contributed by atoms with Crippen LogP contribution in [0.2, 0.25) is 0 Å². The largest absolute Gasteiger partial charge is 0.293 e. The fraction of sp³-hybridized carbons (Fsp3) is 0.909. The first-order valence-corrected chi connectivity index (χ1v) is 5.30. The molecule has 2 nitrogen and oxygen atoms in total. The van der Waals surface area contributed by atoms with E-state index in [1.807, 2.05) is 7.05 Å². The van der Waals surface area contributed by atoms with Gasteiger partial charge in [-0.15, -0.1) is 0 Å². The second kappa shape index (κ2) is 8.07. The van der Waals surface area contributed by atoms with Crippen molar-refractivity contribution in [2.24, 2.45) is 5.92 Å². The number of rotatable bonds is 7. The topological polar surface area (TPSA) is 27.0 Å². The van der Waals surface area contributed by atoms with E-state index in [1.165, 1.54) is 25.7 Å². The zero-order chi connectivity index (χ0) is 10.1.